The summed E-state index contributed by atoms with van der Waals surface area (Å²) in [5, 5.41) is 12.1. The monoisotopic (exact) mass is 277 g/mol. The molecular weight excluding hydrogens is 262 g/mol. The number of carbonyl (C=O) groups is 2. The molecule has 0 aromatic carbocycles. The number of rotatable bonds is 3. The average Bonchev–Trinajstić information content (AvgIpc) is 3.00. The highest BCUT2D eigenvalue weighted by atomic mass is 16.4. The number of hydrogen-bond donors (Lipinski definition) is 3. The highest BCUT2D eigenvalue weighted by Crippen LogP contribution is 2.48. The van der Waals surface area contributed by atoms with Crippen LogP contribution in [0, 0.1) is 17.8 Å². The fourth-order valence-corrected chi connectivity index (χ4v) is 3.55. The van der Waals surface area contributed by atoms with Crippen LogP contribution in [-0.4, -0.2) is 33.0 Å². The Morgan fingerprint density at radius 2 is 2.10 bits per heavy atom. The van der Waals surface area contributed by atoms with Gasteiger partial charge in [0.15, 0.2) is 0 Å². The van der Waals surface area contributed by atoms with Gasteiger partial charge in [-0.3, -0.25) is 14.4 Å². The van der Waals surface area contributed by atoms with Crippen molar-refractivity contribution in [2.75, 3.05) is 0 Å². The van der Waals surface area contributed by atoms with Crippen LogP contribution < -0.4 is 10.9 Å². The van der Waals surface area contributed by atoms with Crippen molar-refractivity contribution in [2.45, 2.75) is 25.3 Å². The van der Waals surface area contributed by atoms with Crippen molar-refractivity contribution >= 4 is 11.9 Å². The first-order valence-corrected chi connectivity index (χ1v) is 6.64. The third-order valence-electron chi connectivity index (χ3n) is 4.40. The van der Waals surface area contributed by atoms with Crippen molar-refractivity contribution in [3.63, 3.8) is 0 Å². The molecule has 1 aromatic rings. The number of nitrogens with zero attached hydrogens (tertiary/aromatic N) is 1. The van der Waals surface area contributed by atoms with Gasteiger partial charge in [-0.15, -0.1) is 0 Å². The lowest BCUT2D eigenvalue weighted by Gasteiger charge is -2.28. The number of carboxylic acid groups (broad SMARTS) is 1. The molecule has 7 nitrogen and oxygen atoms in total. The molecule has 20 heavy (non-hydrogen) atoms. The maximum Gasteiger partial charge on any atom is 0.308 e. The highest BCUT2D eigenvalue weighted by Gasteiger charge is 2.51. The number of carboxylic acids is 1. The van der Waals surface area contributed by atoms with Crippen LogP contribution in [0.25, 0.3) is 0 Å². The molecule has 2 aliphatic carbocycles. The summed E-state index contributed by atoms with van der Waals surface area (Å²) in [5.41, 5.74) is -0.290. The van der Waals surface area contributed by atoms with Gasteiger partial charge in [0, 0.05) is 12.2 Å². The molecule has 0 radical (unpaired) electrons. The van der Waals surface area contributed by atoms with E-state index in [0.717, 1.165) is 25.5 Å². The molecule has 7 heteroatoms. The van der Waals surface area contributed by atoms with E-state index in [-0.39, 0.29) is 29.1 Å². The number of hydrogen-bond acceptors (Lipinski definition) is 4. The molecule has 0 spiro atoms. The lowest BCUT2D eigenvalue weighted by Crippen LogP contribution is -2.47. The topological polar surface area (TPSA) is 112 Å². The van der Waals surface area contributed by atoms with E-state index >= 15 is 0 Å². The Morgan fingerprint density at radius 1 is 1.35 bits per heavy atom. The molecule has 106 valence electrons. The molecule has 1 amide bonds. The smallest absolute Gasteiger partial charge is 0.308 e. The van der Waals surface area contributed by atoms with Gasteiger partial charge in [0.05, 0.1) is 12.1 Å². The van der Waals surface area contributed by atoms with Crippen molar-refractivity contribution in [3.05, 3.63) is 28.4 Å². The minimum absolute atomic E-state index is 0.0940. The molecule has 2 bridgehead atoms. The molecule has 2 aliphatic rings. The van der Waals surface area contributed by atoms with E-state index < -0.39 is 17.8 Å². The summed E-state index contributed by atoms with van der Waals surface area (Å²) in [6, 6.07) is -0.340. The number of fused-ring (bicyclic) bond motifs is 2. The van der Waals surface area contributed by atoms with Crippen LogP contribution in [0.4, 0.5) is 0 Å². The highest BCUT2D eigenvalue weighted by molar-refractivity contribution is 5.92. The van der Waals surface area contributed by atoms with Gasteiger partial charge < -0.3 is 15.4 Å². The average molecular weight is 277 g/mol. The predicted molar refractivity (Wildman–Crippen MR) is 68.1 cm³/mol. The van der Waals surface area contributed by atoms with Crippen molar-refractivity contribution < 1.29 is 14.7 Å². The summed E-state index contributed by atoms with van der Waals surface area (Å²) < 4.78 is 0. The molecule has 4 unspecified atom stereocenters. The fraction of sp³-hybridized carbons (Fsp3) is 0.538. The molecule has 0 saturated heterocycles. The summed E-state index contributed by atoms with van der Waals surface area (Å²) in [5.74, 6) is -1.42. The first-order chi connectivity index (χ1) is 9.56. The Morgan fingerprint density at radius 3 is 2.75 bits per heavy atom. The number of aromatic amines is 1. The third kappa shape index (κ3) is 2.09. The second-order valence-corrected chi connectivity index (χ2v) is 5.49. The summed E-state index contributed by atoms with van der Waals surface area (Å²) in [6.07, 6.45) is 5.01. The Kier molecular flexibility index (Phi) is 3.04. The first-order valence-electron chi connectivity index (χ1n) is 6.64. The van der Waals surface area contributed by atoms with Gasteiger partial charge in [0.2, 0.25) is 0 Å². The van der Waals surface area contributed by atoms with Crippen molar-refractivity contribution in [1.29, 1.82) is 0 Å². The molecule has 3 rings (SSSR count). The SMILES string of the molecule is O=C(NC1C2CCC(C2)C1C(=O)O)c1c[nH]c(=O)cn1. The zero-order valence-electron chi connectivity index (χ0n) is 10.7. The quantitative estimate of drug-likeness (QED) is 0.720. The van der Waals surface area contributed by atoms with Crippen molar-refractivity contribution in [1.82, 2.24) is 15.3 Å². The van der Waals surface area contributed by atoms with Crippen LogP contribution in [0.2, 0.25) is 0 Å². The van der Waals surface area contributed by atoms with Gasteiger partial charge in [-0.25, -0.2) is 4.98 Å². The summed E-state index contributed by atoms with van der Waals surface area (Å²) in [6.45, 7) is 0. The lowest BCUT2D eigenvalue weighted by molar-refractivity contribution is -0.144. The maximum absolute atomic E-state index is 12.1. The number of aliphatic carboxylic acids is 1. The molecule has 2 saturated carbocycles. The largest absolute Gasteiger partial charge is 0.481 e. The van der Waals surface area contributed by atoms with Crippen LogP contribution >= 0.6 is 0 Å². The first kappa shape index (κ1) is 12.8. The van der Waals surface area contributed by atoms with E-state index in [4.69, 9.17) is 0 Å². The second-order valence-electron chi connectivity index (χ2n) is 5.49. The van der Waals surface area contributed by atoms with E-state index in [9.17, 15) is 19.5 Å². The number of carbonyl (C=O) groups excluding carboxylic acids is 1. The van der Waals surface area contributed by atoms with Crippen LogP contribution in [0.1, 0.15) is 29.8 Å². The minimum atomic E-state index is -0.850. The lowest BCUT2D eigenvalue weighted by atomic mass is 9.84. The standard InChI is InChI=1S/C13H15N3O4/c17-9-5-14-8(4-15-9)12(18)16-11-7-2-1-6(3-7)10(11)13(19)20/h4-7,10-11H,1-3H2,(H,15,17)(H,16,18)(H,19,20). The normalized spacial score (nSPS) is 31.2. The number of nitrogens with one attached hydrogen (secondary N) is 2. The molecule has 1 heterocycles. The van der Waals surface area contributed by atoms with Gasteiger partial charge in [-0.05, 0) is 31.1 Å². The van der Waals surface area contributed by atoms with Gasteiger partial charge >= 0.3 is 5.97 Å². The molecular formula is C13H15N3O4. The molecule has 0 aliphatic heterocycles. The van der Waals surface area contributed by atoms with Crippen LogP contribution in [0.5, 0.6) is 0 Å². The predicted octanol–water partition coefficient (Wildman–Crippen LogP) is -0.00100. The van der Waals surface area contributed by atoms with E-state index in [0.29, 0.717) is 0 Å². The number of H-pyrrole nitrogens is 1. The zero-order chi connectivity index (χ0) is 14.3. The van der Waals surface area contributed by atoms with Crippen LogP contribution in [0.15, 0.2) is 17.2 Å². The van der Waals surface area contributed by atoms with Crippen molar-refractivity contribution in [3.8, 4) is 0 Å². The van der Waals surface area contributed by atoms with E-state index in [2.05, 4.69) is 15.3 Å². The number of amides is 1. The van der Waals surface area contributed by atoms with Crippen LogP contribution in [0.3, 0.4) is 0 Å². The second kappa shape index (κ2) is 4.73. The molecule has 4 atom stereocenters. The van der Waals surface area contributed by atoms with E-state index in [1.54, 1.807) is 0 Å². The zero-order valence-corrected chi connectivity index (χ0v) is 10.7. The minimum Gasteiger partial charge on any atom is -0.481 e. The summed E-state index contributed by atoms with van der Waals surface area (Å²) >= 11 is 0. The Hall–Kier alpha value is -2.18. The van der Waals surface area contributed by atoms with Crippen molar-refractivity contribution in [2.24, 2.45) is 17.8 Å². The third-order valence-corrected chi connectivity index (χ3v) is 4.40. The fourth-order valence-electron chi connectivity index (χ4n) is 3.55. The Labute approximate surface area is 114 Å². The van der Waals surface area contributed by atoms with E-state index in [1.165, 1.54) is 6.20 Å². The Bertz CT molecular complexity index is 591. The maximum atomic E-state index is 12.1. The molecule has 2 fully saturated rings. The molecule has 3 N–H and O–H groups in total. The van der Waals surface area contributed by atoms with E-state index in [1.807, 2.05) is 0 Å². The number of aromatic nitrogens is 2. The molecule has 1 aromatic heterocycles. The Balaban J connectivity index is 1.76. The van der Waals surface area contributed by atoms with Gasteiger partial charge in [-0.1, -0.05) is 0 Å². The summed E-state index contributed by atoms with van der Waals surface area (Å²) in [4.78, 5) is 40.5. The summed E-state index contributed by atoms with van der Waals surface area (Å²) in [7, 11) is 0. The van der Waals surface area contributed by atoms with Crippen LogP contribution in [-0.2, 0) is 4.79 Å². The van der Waals surface area contributed by atoms with Gasteiger partial charge in [-0.2, -0.15) is 0 Å². The van der Waals surface area contributed by atoms with Gasteiger partial charge in [0.25, 0.3) is 11.5 Å². The van der Waals surface area contributed by atoms with Gasteiger partial charge in [0.1, 0.15) is 5.69 Å².